The third kappa shape index (κ3) is 11.9. The standard InChI is InChI=1S/C44H60N6O11/c1-26-22-28-9-8-27(2)31(11-10-30-24-29(51)25-38(54)60-30)39(28)35(23-26)61-43(57)44(3,4)15-14-36(52)46-17-19-59-21-20-58-18-16-45-32-6-5-7-33-40(32)42(56)50(49-48-33)34-12-13-37(53)47-41(34)55/h5-9,22,26-27,29-31,34-35,39,45,51H,10-21,23-25H2,1-4H3,(H,46,52)(H,47,53,55)/t26?,27?,29-,30-,31?,34?,35?,39?/m1/s1. The van der Waals surface area contributed by atoms with Crippen LogP contribution < -0.4 is 21.5 Å². The number of fused-ring (bicyclic) bond motifs is 2. The largest absolute Gasteiger partial charge is 0.462 e. The van der Waals surface area contributed by atoms with E-state index in [0.717, 1.165) is 11.1 Å². The fourth-order valence-corrected chi connectivity index (χ4v) is 8.76. The van der Waals surface area contributed by atoms with Crippen LogP contribution in [0.2, 0.25) is 0 Å². The molecule has 0 saturated carbocycles. The minimum atomic E-state index is -0.918. The van der Waals surface area contributed by atoms with Crippen molar-refractivity contribution in [1.29, 1.82) is 0 Å². The average Bonchev–Trinajstić information content (AvgIpc) is 3.20. The number of nitrogens with one attached hydrogen (secondary N) is 3. The smallest absolute Gasteiger partial charge is 0.311 e. The number of nitrogens with zero attached hydrogens (tertiary/aromatic N) is 3. The number of carbonyl (C=O) groups excluding carboxylic acids is 5. The van der Waals surface area contributed by atoms with E-state index in [-0.39, 0.29) is 97.3 Å². The number of aliphatic hydroxyl groups is 1. The van der Waals surface area contributed by atoms with Gasteiger partial charge in [-0.25, -0.2) is 0 Å². The fourth-order valence-electron chi connectivity index (χ4n) is 8.76. The van der Waals surface area contributed by atoms with Crippen LogP contribution in [0.3, 0.4) is 0 Å². The molecule has 61 heavy (non-hydrogen) atoms. The molecule has 8 atom stereocenters. The summed E-state index contributed by atoms with van der Waals surface area (Å²) < 4.78 is 24.2. The molecule has 17 nitrogen and oxygen atoms in total. The first-order chi connectivity index (χ1) is 29.2. The quantitative estimate of drug-likeness (QED) is 0.0905. The van der Waals surface area contributed by atoms with Gasteiger partial charge in [-0.05, 0) is 81.4 Å². The Kier molecular flexibility index (Phi) is 15.5. The first-order valence-corrected chi connectivity index (χ1v) is 21.6. The second-order valence-corrected chi connectivity index (χ2v) is 17.4. The molecular formula is C44H60N6O11. The van der Waals surface area contributed by atoms with Crippen LogP contribution in [0.15, 0.2) is 46.8 Å². The zero-order valence-corrected chi connectivity index (χ0v) is 35.6. The Bertz CT molecular complexity index is 2050. The van der Waals surface area contributed by atoms with Crippen LogP contribution in [0.4, 0.5) is 5.69 Å². The summed E-state index contributed by atoms with van der Waals surface area (Å²) in [6, 6.07) is 4.21. The van der Waals surface area contributed by atoms with Crippen molar-refractivity contribution < 1.29 is 48.0 Å². The van der Waals surface area contributed by atoms with Crippen molar-refractivity contribution in [3.8, 4) is 0 Å². The number of ether oxygens (including phenoxy) is 4. The number of benzene rings is 1. The van der Waals surface area contributed by atoms with Crippen molar-refractivity contribution in [1.82, 2.24) is 25.6 Å². The van der Waals surface area contributed by atoms with E-state index in [0.29, 0.717) is 69.8 Å². The van der Waals surface area contributed by atoms with Crippen molar-refractivity contribution in [3.63, 3.8) is 0 Å². The van der Waals surface area contributed by atoms with Gasteiger partial charge < -0.3 is 34.7 Å². The molecule has 2 aliphatic heterocycles. The summed E-state index contributed by atoms with van der Waals surface area (Å²) in [7, 11) is 0. The normalized spacial score (nSPS) is 26.5. The van der Waals surface area contributed by atoms with Gasteiger partial charge in [0.25, 0.3) is 11.5 Å². The molecule has 6 unspecified atom stereocenters. The Morgan fingerprint density at radius 1 is 1.03 bits per heavy atom. The molecule has 1 aromatic heterocycles. The molecule has 2 fully saturated rings. The van der Waals surface area contributed by atoms with Crippen molar-refractivity contribution in [2.45, 2.75) is 110 Å². The summed E-state index contributed by atoms with van der Waals surface area (Å²) in [4.78, 5) is 75.6. The van der Waals surface area contributed by atoms with E-state index in [1.807, 2.05) is 13.8 Å². The molecule has 17 heteroatoms. The number of anilines is 1. The number of amides is 3. The van der Waals surface area contributed by atoms with Gasteiger partial charge in [0.2, 0.25) is 11.8 Å². The lowest BCUT2D eigenvalue weighted by atomic mass is 9.65. The molecule has 1 aromatic carbocycles. The number of cyclic esters (lactones) is 1. The van der Waals surface area contributed by atoms with E-state index < -0.39 is 29.0 Å². The molecule has 3 amide bonds. The number of aromatic nitrogens is 3. The number of rotatable bonds is 19. The molecule has 6 rings (SSSR count). The minimum Gasteiger partial charge on any atom is -0.462 e. The molecule has 332 valence electrons. The van der Waals surface area contributed by atoms with Crippen LogP contribution in [0.1, 0.15) is 91.5 Å². The van der Waals surface area contributed by atoms with Crippen molar-refractivity contribution in [2.24, 2.45) is 29.1 Å². The molecule has 2 aromatic rings. The average molecular weight is 849 g/mol. The summed E-state index contributed by atoms with van der Waals surface area (Å²) in [6.45, 7) is 9.80. The highest BCUT2D eigenvalue weighted by Gasteiger charge is 2.43. The highest BCUT2D eigenvalue weighted by Crippen LogP contribution is 2.46. The van der Waals surface area contributed by atoms with Gasteiger partial charge >= 0.3 is 11.9 Å². The first-order valence-electron chi connectivity index (χ1n) is 21.6. The maximum Gasteiger partial charge on any atom is 0.311 e. The van der Waals surface area contributed by atoms with E-state index in [4.69, 9.17) is 18.9 Å². The topological polar surface area (TPSA) is 226 Å². The Morgan fingerprint density at radius 3 is 2.56 bits per heavy atom. The van der Waals surface area contributed by atoms with Gasteiger partial charge in [0.05, 0.1) is 49.8 Å². The third-order valence-corrected chi connectivity index (χ3v) is 12.2. The van der Waals surface area contributed by atoms with Gasteiger partial charge in [-0.1, -0.05) is 43.4 Å². The number of allylic oxidation sites excluding steroid dienone is 3. The predicted molar refractivity (Wildman–Crippen MR) is 223 cm³/mol. The fraction of sp³-hybridized carbons (Fsp3) is 0.636. The lowest BCUT2D eigenvalue weighted by Gasteiger charge is -2.44. The molecule has 0 bridgehead atoms. The molecular weight excluding hydrogens is 789 g/mol. The van der Waals surface area contributed by atoms with Gasteiger partial charge in [-0.3, -0.25) is 34.1 Å². The third-order valence-electron chi connectivity index (χ3n) is 12.2. The lowest BCUT2D eigenvalue weighted by molar-refractivity contribution is -0.166. The molecule has 3 heterocycles. The molecule has 2 aliphatic carbocycles. The molecule has 4 N–H and O–H groups in total. The Morgan fingerprint density at radius 2 is 1.80 bits per heavy atom. The number of hydrogen-bond donors (Lipinski definition) is 4. The van der Waals surface area contributed by atoms with Gasteiger partial charge in [-0.2, -0.15) is 4.68 Å². The monoisotopic (exact) mass is 848 g/mol. The number of imide groups is 1. The number of carbonyl (C=O) groups is 5. The van der Waals surface area contributed by atoms with Crippen LogP contribution >= 0.6 is 0 Å². The van der Waals surface area contributed by atoms with Crippen molar-refractivity contribution >= 4 is 46.3 Å². The zero-order chi connectivity index (χ0) is 43.7. The highest BCUT2D eigenvalue weighted by molar-refractivity contribution is 5.99. The van der Waals surface area contributed by atoms with Crippen LogP contribution in [0.5, 0.6) is 0 Å². The number of aliphatic hydroxyl groups excluding tert-OH is 1. The van der Waals surface area contributed by atoms with E-state index in [1.54, 1.807) is 18.2 Å². The maximum atomic E-state index is 13.7. The summed E-state index contributed by atoms with van der Waals surface area (Å²) in [5.41, 5.74) is 0.679. The SMILES string of the molecule is CC1C=C2C=CC(C)C(CC[C@@H]3C[C@@H](O)CC(=O)O3)C2C(OC(=O)C(C)(C)CCC(=O)NCCOCCOCCNc2cccc3nnn(C4CCC(=O)NC4=O)c(=O)c23)C1. The Balaban J connectivity index is 0.870. The summed E-state index contributed by atoms with van der Waals surface area (Å²) in [6.07, 6.45) is 8.61. The summed E-state index contributed by atoms with van der Waals surface area (Å²) >= 11 is 0. The van der Waals surface area contributed by atoms with Gasteiger partial charge in [0.1, 0.15) is 23.8 Å². The predicted octanol–water partition coefficient (Wildman–Crippen LogP) is 3.30. The van der Waals surface area contributed by atoms with Crippen molar-refractivity contribution in [2.75, 3.05) is 44.8 Å². The summed E-state index contributed by atoms with van der Waals surface area (Å²) in [5, 5.41) is 26.7. The van der Waals surface area contributed by atoms with Gasteiger partial charge in [0.15, 0.2) is 0 Å². The van der Waals surface area contributed by atoms with Crippen LogP contribution in [-0.2, 0) is 42.9 Å². The van der Waals surface area contributed by atoms with E-state index in [1.165, 1.54) is 5.57 Å². The van der Waals surface area contributed by atoms with E-state index in [2.05, 4.69) is 58.3 Å². The maximum absolute atomic E-state index is 13.7. The second kappa shape index (κ2) is 20.7. The van der Waals surface area contributed by atoms with Crippen LogP contribution in [0.25, 0.3) is 10.9 Å². The molecule has 0 spiro atoms. The minimum absolute atomic E-state index is 0.00695. The highest BCUT2D eigenvalue weighted by atomic mass is 16.6. The van der Waals surface area contributed by atoms with Gasteiger partial charge in [0, 0.05) is 44.0 Å². The number of hydrogen-bond acceptors (Lipinski definition) is 14. The second-order valence-electron chi connectivity index (χ2n) is 17.4. The summed E-state index contributed by atoms with van der Waals surface area (Å²) in [5.74, 6) is -1.21. The van der Waals surface area contributed by atoms with E-state index in [9.17, 15) is 33.9 Å². The number of piperidine rings is 1. The first kappa shape index (κ1) is 45.5. The van der Waals surface area contributed by atoms with Crippen molar-refractivity contribution in [3.05, 3.63) is 52.4 Å². The van der Waals surface area contributed by atoms with Crippen LogP contribution in [0, 0.1) is 29.1 Å². The zero-order valence-electron chi connectivity index (χ0n) is 35.6. The molecule has 4 aliphatic rings. The molecule has 0 radical (unpaired) electrons. The van der Waals surface area contributed by atoms with Crippen LogP contribution in [-0.4, -0.2) is 108 Å². The number of esters is 2. The van der Waals surface area contributed by atoms with Gasteiger partial charge in [-0.15, -0.1) is 5.10 Å². The Hall–Kier alpha value is -5.00. The molecule has 2 saturated heterocycles. The van der Waals surface area contributed by atoms with E-state index >= 15 is 0 Å². The lowest BCUT2D eigenvalue weighted by Crippen LogP contribution is -2.45. The Labute approximate surface area is 355 Å².